The van der Waals surface area contributed by atoms with E-state index in [9.17, 15) is 9.18 Å². The molecule has 2 aromatic heterocycles. The lowest BCUT2D eigenvalue weighted by molar-refractivity contribution is 0.0922. The molecule has 1 N–H and O–H groups in total. The molecule has 148 valence electrons. The maximum atomic E-state index is 14.1. The summed E-state index contributed by atoms with van der Waals surface area (Å²) in [5.41, 5.74) is 3.89. The van der Waals surface area contributed by atoms with Crippen LogP contribution < -0.4 is 10.1 Å². The molecular formula is C22H21FN4O2. The number of pyridine rings is 1. The molecule has 29 heavy (non-hydrogen) atoms. The Labute approximate surface area is 168 Å². The summed E-state index contributed by atoms with van der Waals surface area (Å²) >= 11 is 0. The first kappa shape index (κ1) is 19.0. The number of halogens is 1. The summed E-state index contributed by atoms with van der Waals surface area (Å²) in [5, 5.41) is 3.02. The van der Waals surface area contributed by atoms with Crippen LogP contribution in [0.1, 0.15) is 46.1 Å². The average Bonchev–Trinajstić information content (AvgIpc) is 2.73. The predicted molar refractivity (Wildman–Crippen MR) is 106 cm³/mol. The van der Waals surface area contributed by atoms with Crippen molar-refractivity contribution in [3.05, 3.63) is 70.6 Å². The van der Waals surface area contributed by atoms with E-state index >= 15 is 0 Å². The van der Waals surface area contributed by atoms with Gasteiger partial charge in [0.25, 0.3) is 5.91 Å². The first-order valence-corrected chi connectivity index (χ1v) is 9.48. The molecule has 3 aromatic rings. The Kier molecular flexibility index (Phi) is 4.96. The Morgan fingerprint density at radius 1 is 1.21 bits per heavy atom. The second kappa shape index (κ2) is 7.58. The van der Waals surface area contributed by atoms with Crippen molar-refractivity contribution in [3.63, 3.8) is 0 Å². The second-order valence-corrected chi connectivity index (χ2v) is 6.93. The van der Waals surface area contributed by atoms with Gasteiger partial charge in [0.1, 0.15) is 11.6 Å². The van der Waals surface area contributed by atoms with Gasteiger partial charge in [-0.1, -0.05) is 19.1 Å². The molecular weight excluding hydrogens is 371 g/mol. The Morgan fingerprint density at radius 2 is 2.03 bits per heavy atom. The van der Waals surface area contributed by atoms with Crippen LogP contribution in [0, 0.1) is 12.7 Å². The van der Waals surface area contributed by atoms with Crippen LogP contribution in [0.25, 0.3) is 11.3 Å². The van der Waals surface area contributed by atoms with Gasteiger partial charge in [-0.05, 0) is 30.7 Å². The van der Waals surface area contributed by atoms with Crippen LogP contribution in [-0.2, 0) is 12.8 Å². The summed E-state index contributed by atoms with van der Waals surface area (Å²) < 4.78 is 19.3. The van der Waals surface area contributed by atoms with Crippen LogP contribution in [0.2, 0.25) is 0 Å². The molecule has 1 atom stereocenters. The van der Waals surface area contributed by atoms with E-state index < -0.39 is 0 Å². The van der Waals surface area contributed by atoms with Crippen molar-refractivity contribution in [3.8, 4) is 17.1 Å². The Morgan fingerprint density at radius 3 is 2.79 bits per heavy atom. The maximum absolute atomic E-state index is 14.1. The van der Waals surface area contributed by atoms with Crippen LogP contribution in [-0.4, -0.2) is 28.0 Å². The van der Waals surface area contributed by atoms with Gasteiger partial charge in [-0.15, -0.1) is 0 Å². The number of hydrogen-bond acceptors (Lipinski definition) is 5. The van der Waals surface area contributed by atoms with Crippen LogP contribution in [0.5, 0.6) is 5.88 Å². The maximum Gasteiger partial charge on any atom is 0.255 e. The highest BCUT2D eigenvalue weighted by molar-refractivity contribution is 5.97. The molecule has 4 rings (SSSR count). The van der Waals surface area contributed by atoms with E-state index in [1.165, 1.54) is 19.2 Å². The summed E-state index contributed by atoms with van der Waals surface area (Å²) in [6.45, 7) is 3.80. The molecule has 1 unspecified atom stereocenters. The molecule has 0 saturated heterocycles. The molecule has 1 aliphatic heterocycles. The SMILES string of the molecule is CCc1nc(C)c2c(n1)CC(c1ccc(F)cc1-c1cccc(OC)n1)NC2=O. The van der Waals surface area contributed by atoms with Gasteiger partial charge in [-0.25, -0.2) is 19.3 Å². The molecule has 0 fully saturated rings. The van der Waals surface area contributed by atoms with Gasteiger partial charge in [0.05, 0.1) is 35.8 Å². The van der Waals surface area contributed by atoms with Gasteiger partial charge in [0.2, 0.25) is 5.88 Å². The standard InChI is InChI=1S/C22H21FN4O2/c1-4-19-24-12(2)21-18(25-19)11-17(27-22(21)28)14-9-8-13(23)10-15(14)16-6-5-7-20(26-16)29-3/h5-10,17H,4,11H2,1-3H3,(H,27,28). The average molecular weight is 392 g/mol. The third kappa shape index (κ3) is 3.55. The summed E-state index contributed by atoms with van der Waals surface area (Å²) in [5.74, 6) is 0.558. The third-order valence-corrected chi connectivity index (χ3v) is 5.06. The number of benzene rings is 1. The number of rotatable bonds is 4. The van der Waals surface area contributed by atoms with Crippen LogP contribution in [0.15, 0.2) is 36.4 Å². The zero-order chi connectivity index (χ0) is 20.5. The minimum absolute atomic E-state index is 0.217. The third-order valence-electron chi connectivity index (χ3n) is 5.06. The minimum Gasteiger partial charge on any atom is -0.481 e. The topological polar surface area (TPSA) is 77.0 Å². The molecule has 0 bridgehead atoms. The lowest BCUT2D eigenvalue weighted by Gasteiger charge is -2.28. The zero-order valence-corrected chi connectivity index (χ0v) is 16.5. The molecule has 6 nitrogen and oxygen atoms in total. The van der Waals surface area contributed by atoms with E-state index in [1.807, 2.05) is 13.8 Å². The van der Waals surface area contributed by atoms with Crippen LogP contribution in [0.3, 0.4) is 0 Å². The van der Waals surface area contributed by atoms with Crippen molar-refractivity contribution in [1.82, 2.24) is 20.3 Å². The quantitative estimate of drug-likeness (QED) is 0.734. The Balaban J connectivity index is 1.80. The summed E-state index contributed by atoms with van der Waals surface area (Å²) in [4.78, 5) is 26.2. The summed E-state index contributed by atoms with van der Waals surface area (Å²) in [7, 11) is 1.53. The van der Waals surface area contributed by atoms with Crippen molar-refractivity contribution in [2.45, 2.75) is 32.7 Å². The Hall–Kier alpha value is -3.35. The zero-order valence-electron chi connectivity index (χ0n) is 16.5. The number of carbonyl (C=O) groups is 1. The smallest absolute Gasteiger partial charge is 0.255 e. The molecule has 1 aliphatic rings. The first-order chi connectivity index (χ1) is 14.0. The normalized spacial score (nSPS) is 15.6. The number of aromatic nitrogens is 3. The number of carbonyl (C=O) groups excluding carboxylic acids is 1. The summed E-state index contributed by atoms with van der Waals surface area (Å²) in [6.07, 6.45) is 1.19. The number of methoxy groups -OCH3 is 1. The number of aryl methyl sites for hydroxylation is 2. The minimum atomic E-state index is -0.373. The van der Waals surface area contributed by atoms with Gasteiger partial charge in [0, 0.05) is 24.5 Å². The largest absolute Gasteiger partial charge is 0.481 e. The highest BCUT2D eigenvalue weighted by Crippen LogP contribution is 2.33. The number of fused-ring (bicyclic) bond motifs is 1. The molecule has 1 aromatic carbocycles. The van der Waals surface area contributed by atoms with Gasteiger partial charge >= 0.3 is 0 Å². The molecule has 3 heterocycles. The van der Waals surface area contributed by atoms with Crippen molar-refractivity contribution >= 4 is 5.91 Å². The lowest BCUT2D eigenvalue weighted by Crippen LogP contribution is -2.37. The van der Waals surface area contributed by atoms with Crippen LogP contribution >= 0.6 is 0 Å². The van der Waals surface area contributed by atoms with E-state index in [4.69, 9.17) is 4.74 Å². The molecule has 0 radical (unpaired) electrons. The number of hydrogen-bond donors (Lipinski definition) is 1. The Bertz CT molecular complexity index is 1100. The fourth-order valence-corrected chi connectivity index (χ4v) is 3.69. The van der Waals surface area contributed by atoms with Crippen molar-refractivity contribution in [2.24, 2.45) is 0 Å². The van der Waals surface area contributed by atoms with Crippen molar-refractivity contribution < 1.29 is 13.9 Å². The molecule has 0 aliphatic carbocycles. The molecule has 1 amide bonds. The monoisotopic (exact) mass is 392 g/mol. The first-order valence-electron chi connectivity index (χ1n) is 9.48. The van der Waals surface area contributed by atoms with E-state index in [1.54, 1.807) is 24.3 Å². The van der Waals surface area contributed by atoms with E-state index in [0.717, 1.165) is 11.3 Å². The number of nitrogens with zero attached hydrogens (tertiary/aromatic N) is 3. The second-order valence-electron chi connectivity index (χ2n) is 6.93. The van der Waals surface area contributed by atoms with Crippen molar-refractivity contribution in [1.29, 1.82) is 0 Å². The van der Waals surface area contributed by atoms with Gasteiger partial charge in [-0.3, -0.25) is 4.79 Å². The van der Waals surface area contributed by atoms with Crippen molar-refractivity contribution in [2.75, 3.05) is 7.11 Å². The van der Waals surface area contributed by atoms with E-state index in [0.29, 0.717) is 47.1 Å². The highest BCUT2D eigenvalue weighted by atomic mass is 19.1. The van der Waals surface area contributed by atoms with Gasteiger partial charge in [-0.2, -0.15) is 0 Å². The number of nitrogens with one attached hydrogen (secondary N) is 1. The molecule has 0 saturated carbocycles. The fraction of sp³-hybridized carbons (Fsp3) is 0.273. The summed E-state index contributed by atoms with van der Waals surface area (Å²) in [6, 6.07) is 9.49. The van der Waals surface area contributed by atoms with E-state index in [-0.39, 0.29) is 17.8 Å². The number of ether oxygens (including phenoxy) is 1. The molecule has 0 spiro atoms. The predicted octanol–water partition coefficient (Wildman–Crippen LogP) is 3.58. The van der Waals surface area contributed by atoms with Gasteiger partial charge < -0.3 is 10.1 Å². The van der Waals surface area contributed by atoms with Crippen LogP contribution in [0.4, 0.5) is 4.39 Å². The molecule has 7 heteroatoms. The highest BCUT2D eigenvalue weighted by Gasteiger charge is 2.30. The lowest BCUT2D eigenvalue weighted by atomic mass is 9.90. The fourth-order valence-electron chi connectivity index (χ4n) is 3.69. The van der Waals surface area contributed by atoms with E-state index in [2.05, 4.69) is 20.3 Å². The van der Waals surface area contributed by atoms with Gasteiger partial charge in [0.15, 0.2) is 0 Å². The number of amides is 1.